The van der Waals surface area contributed by atoms with Crippen molar-refractivity contribution in [3.05, 3.63) is 47.5 Å². The highest BCUT2D eigenvalue weighted by Crippen LogP contribution is 2.25. The van der Waals surface area contributed by atoms with Crippen LogP contribution in [0.1, 0.15) is 50.7 Å². The van der Waals surface area contributed by atoms with Crippen LogP contribution in [0.25, 0.3) is 10.8 Å². The van der Waals surface area contributed by atoms with Crippen LogP contribution in [0.4, 0.5) is 0 Å². The number of aryl methyl sites for hydroxylation is 2. The molecule has 0 aromatic heterocycles. The van der Waals surface area contributed by atoms with Crippen molar-refractivity contribution in [1.29, 1.82) is 0 Å². The van der Waals surface area contributed by atoms with Gasteiger partial charge in [-0.1, -0.05) is 63.1 Å². The van der Waals surface area contributed by atoms with E-state index in [1.54, 1.807) is 11.1 Å². The topological polar surface area (TPSA) is 46.2 Å². The van der Waals surface area contributed by atoms with Crippen LogP contribution in [0.5, 0.6) is 0 Å². The minimum absolute atomic E-state index is 0.0972. The van der Waals surface area contributed by atoms with Crippen LogP contribution in [-0.4, -0.2) is 18.3 Å². The fourth-order valence-corrected chi connectivity index (χ4v) is 2.63. The maximum absolute atomic E-state index is 7.75. The summed E-state index contributed by atoms with van der Waals surface area (Å²) in [5, 5.41) is 10.6. The highest BCUT2D eigenvalue weighted by atomic mass is 16.3. The average molecular weight is 301 g/mol. The van der Waals surface area contributed by atoms with E-state index in [0.29, 0.717) is 6.54 Å². The quantitative estimate of drug-likeness (QED) is 0.793. The number of benzene rings is 2. The van der Waals surface area contributed by atoms with Crippen molar-refractivity contribution < 1.29 is 5.11 Å². The van der Waals surface area contributed by atoms with Crippen LogP contribution in [0.15, 0.2) is 36.4 Å². The summed E-state index contributed by atoms with van der Waals surface area (Å²) >= 11 is 0. The Morgan fingerprint density at radius 3 is 2.18 bits per heavy atom. The van der Waals surface area contributed by atoms with Crippen molar-refractivity contribution in [3.63, 3.8) is 0 Å². The fraction of sp³-hybridized carbons (Fsp3) is 0.500. The number of rotatable bonds is 7. The van der Waals surface area contributed by atoms with Crippen LogP contribution in [0.2, 0.25) is 0 Å². The van der Waals surface area contributed by atoms with E-state index in [1.165, 1.54) is 49.3 Å². The lowest BCUT2D eigenvalue weighted by molar-refractivity contribution is 0.306. The predicted molar refractivity (Wildman–Crippen MR) is 97.3 cm³/mol. The summed E-state index contributed by atoms with van der Waals surface area (Å²) in [5.41, 5.74) is 7.95. The van der Waals surface area contributed by atoms with Crippen LogP contribution in [-0.2, 0) is 12.8 Å². The third-order valence-electron chi connectivity index (χ3n) is 3.85. The summed E-state index contributed by atoms with van der Waals surface area (Å²) < 4.78 is 0. The third kappa shape index (κ3) is 5.78. The van der Waals surface area contributed by atoms with Crippen LogP contribution >= 0.6 is 0 Å². The smallest absolute Gasteiger partial charge is 0.0553 e. The SMILES string of the molecule is CCCCc1ccc2ccccc2c1CCCC.NCCO. The number of hydrogen-bond acceptors (Lipinski definition) is 2. The molecule has 122 valence electrons. The number of aliphatic hydroxyl groups is 1. The fourth-order valence-electron chi connectivity index (χ4n) is 2.63. The zero-order valence-corrected chi connectivity index (χ0v) is 14.1. The Balaban J connectivity index is 0.000000541. The zero-order valence-electron chi connectivity index (χ0n) is 14.1. The second-order valence-corrected chi connectivity index (χ2v) is 5.64. The van der Waals surface area contributed by atoms with Crippen molar-refractivity contribution in [1.82, 2.24) is 0 Å². The molecular weight excluding hydrogens is 270 g/mol. The maximum atomic E-state index is 7.75. The zero-order chi connectivity index (χ0) is 16.2. The van der Waals surface area contributed by atoms with Gasteiger partial charge in [-0.05, 0) is 47.6 Å². The molecule has 0 saturated carbocycles. The van der Waals surface area contributed by atoms with E-state index in [4.69, 9.17) is 10.8 Å². The first-order chi connectivity index (χ1) is 10.8. The Morgan fingerprint density at radius 1 is 0.909 bits per heavy atom. The van der Waals surface area contributed by atoms with Gasteiger partial charge in [0.15, 0.2) is 0 Å². The van der Waals surface area contributed by atoms with Crippen LogP contribution in [0.3, 0.4) is 0 Å². The summed E-state index contributed by atoms with van der Waals surface area (Å²) in [7, 11) is 0. The maximum Gasteiger partial charge on any atom is 0.0553 e. The lowest BCUT2D eigenvalue weighted by Crippen LogP contribution is -2.02. The molecule has 0 unspecified atom stereocenters. The highest BCUT2D eigenvalue weighted by Gasteiger charge is 2.06. The molecule has 0 saturated heterocycles. The summed E-state index contributed by atoms with van der Waals surface area (Å²) in [4.78, 5) is 0. The Hall–Kier alpha value is -1.38. The minimum Gasteiger partial charge on any atom is -0.395 e. The molecular formula is C20H31NO. The second kappa shape index (κ2) is 11.2. The van der Waals surface area contributed by atoms with Gasteiger partial charge in [-0.3, -0.25) is 0 Å². The van der Waals surface area contributed by atoms with Gasteiger partial charge in [-0.25, -0.2) is 0 Å². The second-order valence-electron chi connectivity index (χ2n) is 5.64. The first kappa shape index (κ1) is 18.7. The molecule has 2 heteroatoms. The van der Waals surface area contributed by atoms with Crippen molar-refractivity contribution in [3.8, 4) is 0 Å². The molecule has 0 fully saturated rings. The van der Waals surface area contributed by atoms with Gasteiger partial charge in [0.2, 0.25) is 0 Å². The van der Waals surface area contributed by atoms with Crippen LogP contribution < -0.4 is 5.73 Å². The van der Waals surface area contributed by atoms with Gasteiger partial charge in [0, 0.05) is 6.54 Å². The van der Waals surface area contributed by atoms with E-state index >= 15 is 0 Å². The molecule has 0 aliphatic rings. The molecule has 3 N–H and O–H groups in total. The van der Waals surface area contributed by atoms with Crippen molar-refractivity contribution in [2.24, 2.45) is 5.73 Å². The van der Waals surface area contributed by atoms with Gasteiger partial charge in [-0.15, -0.1) is 0 Å². The standard InChI is InChI=1S/C18H24.C2H7NO/c1-3-5-9-15-13-14-16-10-7-8-12-18(16)17(15)11-6-4-2;3-1-2-4/h7-8,10,12-14H,3-6,9,11H2,1-2H3;4H,1-3H2. The predicted octanol–water partition coefficient (Wildman–Crippen LogP) is 4.46. The molecule has 2 aromatic rings. The Morgan fingerprint density at radius 2 is 1.55 bits per heavy atom. The molecule has 2 aromatic carbocycles. The lowest BCUT2D eigenvalue weighted by Gasteiger charge is -2.13. The number of aliphatic hydroxyl groups excluding tert-OH is 1. The monoisotopic (exact) mass is 301 g/mol. The highest BCUT2D eigenvalue weighted by molar-refractivity contribution is 5.86. The summed E-state index contributed by atoms with van der Waals surface area (Å²) in [5.74, 6) is 0. The Kier molecular flexibility index (Phi) is 9.52. The normalized spacial score (nSPS) is 10.4. The van der Waals surface area contributed by atoms with Crippen LogP contribution in [0, 0.1) is 0 Å². The Labute approximate surface area is 135 Å². The molecule has 0 amide bonds. The van der Waals surface area contributed by atoms with E-state index in [2.05, 4.69) is 50.2 Å². The van der Waals surface area contributed by atoms with Crippen molar-refractivity contribution in [2.45, 2.75) is 52.4 Å². The molecule has 0 atom stereocenters. The number of nitrogens with two attached hydrogens (primary N) is 1. The van der Waals surface area contributed by atoms with Crippen molar-refractivity contribution >= 4 is 10.8 Å². The van der Waals surface area contributed by atoms with Gasteiger partial charge in [-0.2, -0.15) is 0 Å². The van der Waals surface area contributed by atoms with Gasteiger partial charge >= 0.3 is 0 Å². The first-order valence-electron chi connectivity index (χ1n) is 8.58. The molecule has 0 radical (unpaired) electrons. The van der Waals surface area contributed by atoms with Gasteiger partial charge in [0.1, 0.15) is 0 Å². The number of hydrogen-bond donors (Lipinski definition) is 2. The number of unbranched alkanes of at least 4 members (excludes halogenated alkanes) is 2. The molecule has 0 bridgehead atoms. The lowest BCUT2D eigenvalue weighted by atomic mass is 9.92. The molecule has 0 heterocycles. The molecule has 0 aliphatic carbocycles. The van der Waals surface area contributed by atoms with E-state index in [0.717, 1.165) is 0 Å². The van der Waals surface area contributed by atoms with Crippen molar-refractivity contribution in [2.75, 3.05) is 13.2 Å². The largest absolute Gasteiger partial charge is 0.395 e. The molecule has 22 heavy (non-hydrogen) atoms. The summed E-state index contributed by atoms with van der Waals surface area (Å²) in [6.45, 7) is 5.02. The molecule has 2 nitrogen and oxygen atoms in total. The Bertz CT molecular complexity index is 534. The van der Waals surface area contributed by atoms with Gasteiger partial charge in [0.05, 0.1) is 6.61 Å². The van der Waals surface area contributed by atoms with Gasteiger partial charge in [0.25, 0.3) is 0 Å². The molecule has 2 rings (SSSR count). The summed E-state index contributed by atoms with van der Waals surface area (Å²) in [6, 6.07) is 13.5. The molecule has 0 spiro atoms. The minimum atomic E-state index is 0.0972. The van der Waals surface area contributed by atoms with E-state index in [9.17, 15) is 0 Å². The van der Waals surface area contributed by atoms with E-state index < -0.39 is 0 Å². The number of fused-ring (bicyclic) bond motifs is 1. The third-order valence-corrected chi connectivity index (χ3v) is 3.85. The average Bonchev–Trinajstić information content (AvgIpc) is 2.58. The summed E-state index contributed by atoms with van der Waals surface area (Å²) in [6.07, 6.45) is 7.62. The van der Waals surface area contributed by atoms with E-state index in [1.807, 2.05) is 0 Å². The van der Waals surface area contributed by atoms with E-state index in [-0.39, 0.29) is 6.61 Å². The first-order valence-corrected chi connectivity index (χ1v) is 8.58. The molecule has 0 aliphatic heterocycles. The van der Waals surface area contributed by atoms with Gasteiger partial charge < -0.3 is 10.8 Å².